The van der Waals surface area contributed by atoms with Gasteiger partial charge in [-0.05, 0) is 74.7 Å². The number of nitrogens with two attached hydrogens (primary N) is 1. The number of nitrogens with zero attached hydrogens (tertiary/aromatic N) is 5. The van der Waals surface area contributed by atoms with E-state index < -0.39 is 11.6 Å². The monoisotopic (exact) mass is 615 g/mol. The molecule has 226 valence electrons. The third-order valence-corrected chi connectivity index (χ3v) is 10.5. The Morgan fingerprint density at radius 2 is 1.95 bits per heavy atom. The van der Waals surface area contributed by atoms with Gasteiger partial charge in [-0.2, -0.15) is 9.97 Å². The number of nitrogen functional groups attached to an aromatic ring is 1. The van der Waals surface area contributed by atoms with Crippen LogP contribution in [0.1, 0.15) is 43.2 Å². The van der Waals surface area contributed by atoms with Crippen molar-refractivity contribution in [3.63, 3.8) is 0 Å². The topological polar surface area (TPSA) is 92.4 Å². The number of anilines is 2. The first kappa shape index (κ1) is 27.7. The van der Waals surface area contributed by atoms with Crippen molar-refractivity contribution in [2.45, 2.75) is 50.1 Å². The van der Waals surface area contributed by atoms with Crippen molar-refractivity contribution in [3.05, 3.63) is 46.0 Å². The molecule has 0 aliphatic carbocycles. The summed E-state index contributed by atoms with van der Waals surface area (Å²) in [6, 6.07) is 4.69. The number of pyridine rings is 1. The Morgan fingerprint density at radius 1 is 1.14 bits per heavy atom. The first-order valence-corrected chi connectivity index (χ1v) is 15.7. The number of terminal acetylenes is 1. The van der Waals surface area contributed by atoms with Crippen LogP contribution in [0.5, 0.6) is 6.01 Å². The lowest BCUT2D eigenvalue weighted by molar-refractivity contribution is 0.108. The number of hydrogen-bond acceptors (Lipinski definition) is 8. The van der Waals surface area contributed by atoms with Gasteiger partial charge in [0.2, 0.25) is 0 Å². The molecule has 0 saturated carbocycles. The summed E-state index contributed by atoms with van der Waals surface area (Å²) in [5.41, 5.74) is 7.05. The Kier molecular flexibility index (Phi) is 6.56. The Hall–Kier alpha value is -3.78. The number of aryl methyl sites for hydroxylation is 1. The Morgan fingerprint density at radius 3 is 2.75 bits per heavy atom. The van der Waals surface area contributed by atoms with E-state index in [9.17, 15) is 4.39 Å². The van der Waals surface area contributed by atoms with E-state index in [4.69, 9.17) is 38.5 Å². The van der Waals surface area contributed by atoms with Crippen LogP contribution in [-0.4, -0.2) is 70.8 Å². The average Bonchev–Trinajstić information content (AvgIpc) is 3.56. The second-order valence-electron chi connectivity index (χ2n) is 12.4. The first-order chi connectivity index (χ1) is 21.4. The highest BCUT2D eigenvalue weighted by atomic mass is 35.5. The fourth-order valence-corrected chi connectivity index (χ4v) is 8.35. The highest BCUT2D eigenvalue weighted by Gasteiger charge is 2.45. The third-order valence-electron chi connectivity index (χ3n) is 10.1. The molecule has 0 radical (unpaired) electrons. The summed E-state index contributed by atoms with van der Waals surface area (Å²) in [6.07, 6.45) is 11.5. The number of fused-ring (bicyclic) bond motifs is 4. The van der Waals surface area contributed by atoms with Gasteiger partial charge in [0.25, 0.3) is 0 Å². The molecule has 2 aromatic carbocycles. The second kappa shape index (κ2) is 10.4. The molecule has 0 amide bonds. The van der Waals surface area contributed by atoms with E-state index in [1.54, 1.807) is 12.1 Å². The molecule has 8 rings (SSSR count). The van der Waals surface area contributed by atoms with Gasteiger partial charge in [-0.15, -0.1) is 6.42 Å². The van der Waals surface area contributed by atoms with Gasteiger partial charge in [-0.25, -0.2) is 13.8 Å². The summed E-state index contributed by atoms with van der Waals surface area (Å²) in [6.45, 7) is 4.84. The van der Waals surface area contributed by atoms with Crippen molar-refractivity contribution in [2.75, 3.05) is 50.0 Å². The molecule has 3 N–H and O–H groups in total. The van der Waals surface area contributed by atoms with E-state index in [-0.39, 0.29) is 56.2 Å². The summed E-state index contributed by atoms with van der Waals surface area (Å²) in [5.74, 6) is 1.88. The van der Waals surface area contributed by atoms with Crippen molar-refractivity contribution < 1.29 is 13.5 Å². The van der Waals surface area contributed by atoms with E-state index >= 15 is 4.39 Å². The van der Waals surface area contributed by atoms with Gasteiger partial charge in [0.05, 0.1) is 32.8 Å². The van der Waals surface area contributed by atoms with Crippen molar-refractivity contribution in [3.8, 4) is 29.6 Å². The van der Waals surface area contributed by atoms with Crippen LogP contribution in [0.3, 0.4) is 0 Å². The number of nitrogens with one attached hydrogen (secondary N) is 1. The molecule has 44 heavy (non-hydrogen) atoms. The number of ether oxygens (including phenoxy) is 1. The molecule has 4 aromatic rings. The average molecular weight is 616 g/mol. The molecular formula is C33H32ClF2N7O. The first-order valence-electron chi connectivity index (χ1n) is 15.3. The van der Waals surface area contributed by atoms with Gasteiger partial charge in [0, 0.05) is 31.1 Å². The van der Waals surface area contributed by atoms with E-state index in [0.717, 1.165) is 63.8 Å². The Labute approximate surface area is 258 Å². The number of halogens is 3. The smallest absolute Gasteiger partial charge is 0.319 e. The zero-order chi connectivity index (χ0) is 30.2. The fourth-order valence-electron chi connectivity index (χ4n) is 7.99. The number of piperazine rings is 1. The van der Waals surface area contributed by atoms with Gasteiger partial charge in [0.1, 0.15) is 29.6 Å². The molecule has 11 heteroatoms. The molecule has 8 nitrogen and oxygen atoms in total. The zero-order valence-corrected chi connectivity index (χ0v) is 25.0. The van der Waals surface area contributed by atoms with Crippen LogP contribution >= 0.6 is 11.6 Å². The van der Waals surface area contributed by atoms with Gasteiger partial charge >= 0.3 is 6.01 Å². The SMILES string of the molecule is C#Cc1c(F)ccc2cc(N)nc(-c3c(Cl)c4c5c(nc(OCC67CCCN6CCC7)nc5c3F)N3CCNC[C@H]3CC4)c12. The molecule has 1 atom stereocenters. The Bertz CT molecular complexity index is 1880. The van der Waals surface area contributed by atoms with Crippen molar-refractivity contribution >= 4 is 44.9 Å². The van der Waals surface area contributed by atoms with E-state index in [0.29, 0.717) is 36.2 Å². The van der Waals surface area contributed by atoms with Crippen LogP contribution in [-0.2, 0) is 6.42 Å². The minimum Gasteiger partial charge on any atom is -0.461 e. The quantitative estimate of drug-likeness (QED) is 0.308. The van der Waals surface area contributed by atoms with Gasteiger partial charge in [-0.1, -0.05) is 23.6 Å². The molecule has 4 aliphatic rings. The second-order valence-corrected chi connectivity index (χ2v) is 12.8. The number of hydrogen-bond donors (Lipinski definition) is 2. The zero-order valence-electron chi connectivity index (χ0n) is 24.2. The van der Waals surface area contributed by atoms with Crippen molar-refractivity contribution in [2.24, 2.45) is 0 Å². The van der Waals surface area contributed by atoms with Crippen molar-refractivity contribution in [1.82, 2.24) is 25.2 Å². The minimum absolute atomic E-state index is 0.00137. The highest BCUT2D eigenvalue weighted by molar-refractivity contribution is 6.36. The van der Waals surface area contributed by atoms with Crippen molar-refractivity contribution in [1.29, 1.82) is 0 Å². The molecule has 2 aromatic heterocycles. The van der Waals surface area contributed by atoms with Crippen LogP contribution in [0.25, 0.3) is 32.9 Å². The lowest BCUT2D eigenvalue weighted by Gasteiger charge is -2.36. The Balaban J connectivity index is 1.37. The van der Waals surface area contributed by atoms with Gasteiger partial charge in [-0.3, -0.25) is 4.90 Å². The predicted octanol–water partition coefficient (Wildman–Crippen LogP) is 5.07. The number of rotatable bonds is 4. The van der Waals surface area contributed by atoms with Crippen LogP contribution < -0.4 is 20.7 Å². The van der Waals surface area contributed by atoms with Gasteiger partial charge < -0.3 is 20.7 Å². The maximum absolute atomic E-state index is 17.1. The summed E-state index contributed by atoms with van der Waals surface area (Å²) < 4.78 is 38.5. The largest absolute Gasteiger partial charge is 0.461 e. The van der Waals surface area contributed by atoms with Crippen LogP contribution in [0, 0.1) is 24.0 Å². The maximum atomic E-state index is 17.1. The molecule has 4 aliphatic heterocycles. The minimum atomic E-state index is -0.691. The van der Waals surface area contributed by atoms with Crippen LogP contribution in [0.2, 0.25) is 5.02 Å². The molecule has 3 saturated heterocycles. The molecule has 0 spiro atoms. The predicted molar refractivity (Wildman–Crippen MR) is 168 cm³/mol. The number of aromatic nitrogens is 3. The summed E-state index contributed by atoms with van der Waals surface area (Å²) >= 11 is 7.15. The molecule has 0 unspecified atom stereocenters. The third kappa shape index (κ3) is 4.13. The number of benzene rings is 2. The lowest BCUT2D eigenvalue weighted by Crippen LogP contribution is -2.51. The molecule has 3 fully saturated rings. The van der Waals surface area contributed by atoms with E-state index in [2.05, 4.69) is 26.0 Å². The van der Waals surface area contributed by atoms with E-state index in [1.807, 2.05) is 0 Å². The summed E-state index contributed by atoms with van der Waals surface area (Å²) in [5, 5.41) is 5.04. The maximum Gasteiger partial charge on any atom is 0.319 e. The molecule has 6 heterocycles. The van der Waals surface area contributed by atoms with Crippen LogP contribution in [0.4, 0.5) is 20.4 Å². The highest BCUT2D eigenvalue weighted by Crippen LogP contribution is 2.47. The summed E-state index contributed by atoms with van der Waals surface area (Å²) in [7, 11) is 0. The molecule has 0 bridgehead atoms. The standard InChI is InChI=1S/C33H32ClF2N7O/c1-2-20-22(35)8-5-18-15-23(37)39-29(24(18)20)26-27(34)21-7-6-19-16-38-11-14-43(19)31-25(21)30(28(26)36)40-32(41-31)44-17-33-9-3-12-42(33)13-4-10-33/h1,5,8,15,19,38H,3-4,6-7,9-14,16-17H2,(H2,37,39)/t19-/m1/s1. The summed E-state index contributed by atoms with van der Waals surface area (Å²) in [4.78, 5) is 18.9. The van der Waals surface area contributed by atoms with Gasteiger partial charge in [0.15, 0.2) is 5.82 Å². The van der Waals surface area contributed by atoms with Crippen LogP contribution in [0.15, 0.2) is 18.2 Å². The normalized spacial score (nSPS) is 20.9. The molecular weight excluding hydrogens is 584 g/mol. The lowest BCUT2D eigenvalue weighted by atomic mass is 9.94. The van der Waals surface area contributed by atoms with E-state index in [1.165, 1.54) is 6.07 Å². The fraction of sp³-hybridized carbons (Fsp3) is 0.424.